The number of benzene rings is 1. The summed E-state index contributed by atoms with van der Waals surface area (Å²) in [5.41, 5.74) is 5.94. The fraction of sp³-hybridized carbons (Fsp3) is 0.500. The molecule has 0 bridgehead atoms. The molecule has 0 aliphatic rings. The summed E-state index contributed by atoms with van der Waals surface area (Å²) in [6.07, 6.45) is -4.39. The number of alkyl halides is 3. The molecule has 0 spiro atoms. The highest BCUT2D eigenvalue weighted by molar-refractivity contribution is 5.30. The van der Waals surface area contributed by atoms with Crippen LogP contribution in [-0.2, 0) is 5.41 Å². The Morgan fingerprint density at radius 1 is 1.12 bits per heavy atom. The zero-order valence-corrected chi connectivity index (χ0v) is 9.60. The highest BCUT2D eigenvalue weighted by Crippen LogP contribution is 2.32. The van der Waals surface area contributed by atoms with Gasteiger partial charge < -0.3 is 5.73 Å². The molecular formula is C12H16F3N. The van der Waals surface area contributed by atoms with Gasteiger partial charge in [0.1, 0.15) is 6.04 Å². The van der Waals surface area contributed by atoms with Crippen LogP contribution in [0, 0.1) is 0 Å². The monoisotopic (exact) mass is 231 g/mol. The minimum absolute atomic E-state index is 0.111. The first-order chi connectivity index (χ1) is 7.12. The smallest absolute Gasteiger partial charge is 0.316 e. The second-order valence-corrected chi connectivity index (χ2v) is 4.89. The number of rotatable bonds is 1. The lowest BCUT2D eigenvalue weighted by molar-refractivity contribution is -0.149. The van der Waals surface area contributed by atoms with Crippen molar-refractivity contribution < 1.29 is 13.2 Å². The number of nitrogens with two attached hydrogens (primary N) is 1. The van der Waals surface area contributed by atoms with Crippen molar-refractivity contribution in [3.8, 4) is 0 Å². The molecule has 1 nitrogen and oxygen atoms in total. The molecule has 0 amide bonds. The SMILES string of the molecule is CC(C)(C)c1cccc([C@H](N)C(F)(F)F)c1. The topological polar surface area (TPSA) is 26.0 Å². The Balaban J connectivity index is 3.09. The summed E-state index contributed by atoms with van der Waals surface area (Å²) < 4.78 is 37.3. The molecule has 0 aliphatic heterocycles. The van der Waals surface area contributed by atoms with Crippen LogP contribution in [-0.4, -0.2) is 6.18 Å². The van der Waals surface area contributed by atoms with E-state index in [9.17, 15) is 13.2 Å². The first-order valence-electron chi connectivity index (χ1n) is 5.05. The molecule has 0 unspecified atom stereocenters. The minimum atomic E-state index is -4.39. The van der Waals surface area contributed by atoms with Crippen molar-refractivity contribution >= 4 is 0 Å². The lowest BCUT2D eigenvalue weighted by atomic mass is 9.85. The van der Waals surface area contributed by atoms with Crippen molar-refractivity contribution in [2.45, 2.75) is 38.4 Å². The zero-order chi connectivity index (χ0) is 12.6. The Kier molecular flexibility index (Phi) is 3.33. The van der Waals surface area contributed by atoms with Gasteiger partial charge in [0.2, 0.25) is 0 Å². The van der Waals surface area contributed by atoms with E-state index in [0.717, 1.165) is 5.56 Å². The Labute approximate surface area is 93.5 Å². The molecule has 0 aromatic heterocycles. The van der Waals surface area contributed by atoms with Crippen molar-refractivity contribution in [1.82, 2.24) is 0 Å². The number of hydrogen-bond donors (Lipinski definition) is 1. The van der Waals surface area contributed by atoms with Gasteiger partial charge in [-0.1, -0.05) is 45.0 Å². The zero-order valence-electron chi connectivity index (χ0n) is 9.60. The van der Waals surface area contributed by atoms with Crippen molar-refractivity contribution in [2.75, 3.05) is 0 Å². The quantitative estimate of drug-likeness (QED) is 0.786. The van der Waals surface area contributed by atoms with Crippen molar-refractivity contribution in [1.29, 1.82) is 0 Å². The number of hydrogen-bond acceptors (Lipinski definition) is 1. The van der Waals surface area contributed by atoms with Gasteiger partial charge in [0, 0.05) is 0 Å². The lowest BCUT2D eigenvalue weighted by Gasteiger charge is -2.22. The third-order valence-electron chi connectivity index (χ3n) is 2.46. The second-order valence-electron chi connectivity index (χ2n) is 4.89. The van der Waals surface area contributed by atoms with Crippen LogP contribution in [0.4, 0.5) is 13.2 Å². The maximum absolute atomic E-state index is 12.4. The molecule has 90 valence electrons. The highest BCUT2D eigenvalue weighted by atomic mass is 19.4. The molecule has 0 saturated carbocycles. The third-order valence-corrected chi connectivity index (χ3v) is 2.46. The Morgan fingerprint density at radius 3 is 2.12 bits per heavy atom. The Bertz CT molecular complexity index is 363. The highest BCUT2D eigenvalue weighted by Gasteiger charge is 2.38. The van der Waals surface area contributed by atoms with Crippen LogP contribution in [0.15, 0.2) is 24.3 Å². The van der Waals surface area contributed by atoms with Crippen LogP contribution in [0.3, 0.4) is 0 Å². The number of halogens is 3. The molecule has 16 heavy (non-hydrogen) atoms. The van der Waals surface area contributed by atoms with E-state index < -0.39 is 12.2 Å². The second kappa shape index (κ2) is 4.09. The van der Waals surface area contributed by atoms with E-state index in [2.05, 4.69) is 0 Å². The van der Waals surface area contributed by atoms with Crippen molar-refractivity contribution in [2.24, 2.45) is 5.73 Å². The van der Waals surface area contributed by atoms with Crippen molar-refractivity contribution in [3.63, 3.8) is 0 Å². The normalized spacial score (nSPS) is 14.9. The molecular weight excluding hydrogens is 215 g/mol. The average Bonchev–Trinajstić information content (AvgIpc) is 2.14. The first kappa shape index (κ1) is 13.0. The van der Waals surface area contributed by atoms with Crippen LogP contribution >= 0.6 is 0 Å². The van der Waals surface area contributed by atoms with Gasteiger partial charge >= 0.3 is 6.18 Å². The van der Waals surface area contributed by atoms with Gasteiger partial charge in [0.15, 0.2) is 0 Å². The molecule has 0 heterocycles. The summed E-state index contributed by atoms with van der Waals surface area (Å²) in [6.45, 7) is 5.85. The van der Waals surface area contributed by atoms with Crippen LogP contribution < -0.4 is 5.73 Å². The molecule has 0 radical (unpaired) electrons. The van der Waals surface area contributed by atoms with E-state index in [1.54, 1.807) is 6.07 Å². The molecule has 1 rings (SSSR count). The summed E-state index contributed by atoms with van der Waals surface area (Å²) in [6, 6.07) is 4.45. The predicted octanol–water partition coefficient (Wildman–Crippen LogP) is 3.55. The third kappa shape index (κ3) is 2.98. The minimum Gasteiger partial charge on any atom is -0.316 e. The largest absolute Gasteiger partial charge is 0.407 e. The molecule has 0 saturated heterocycles. The molecule has 0 aliphatic carbocycles. The van der Waals surface area contributed by atoms with E-state index in [1.165, 1.54) is 12.1 Å². The molecule has 1 aromatic carbocycles. The van der Waals surface area contributed by atoms with Crippen LogP contribution in [0.1, 0.15) is 37.9 Å². The van der Waals surface area contributed by atoms with Crippen LogP contribution in [0.25, 0.3) is 0 Å². The van der Waals surface area contributed by atoms with Gasteiger partial charge in [-0.3, -0.25) is 0 Å². The lowest BCUT2D eigenvalue weighted by Crippen LogP contribution is -2.28. The predicted molar refractivity (Wildman–Crippen MR) is 58.1 cm³/mol. The van der Waals surface area contributed by atoms with Gasteiger partial charge in [0.25, 0.3) is 0 Å². The summed E-state index contributed by atoms with van der Waals surface area (Å²) >= 11 is 0. The molecule has 2 N–H and O–H groups in total. The maximum Gasteiger partial charge on any atom is 0.407 e. The van der Waals surface area contributed by atoms with Gasteiger partial charge in [-0.25, -0.2) is 0 Å². The van der Waals surface area contributed by atoms with Gasteiger partial charge in [-0.05, 0) is 16.5 Å². The molecule has 1 atom stereocenters. The van der Waals surface area contributed by atoms with Gasteiger partial charge in [-0.2, -0.15) is 13.2 Å². The van der Waals surface area contributed by atoms with Crippen molar-refractivity contribution in [3.05, 3.63) is 35.4 Å². The maximum atomic E-state index is 12.4. The average molecular weight is 231 g/mol. The Morgan fingerprint density at radius 2 is 1.69 bits per heavy atom. The standard InChI is InChI=1S/C12H16F3N/c1-11(2,3)9-6-4-5-8(7-9)10(16)12(13,14)15/h4-7,10H,16H2,1-3H3/t10-/m0/s1. The van der Waals surface area contributed by atoms with Gasteiger partial charge in [0.05, 0.1) is 0 Å². The molecule has 0 fully saturated rings. The summed E-state index contributed by atoms with van der Waals surface area (Å²) in [5, 5.41) is 0. The Hall–Kier alpha value is -1.03. The van der Waals surface area contributed by atoms with E-state index in [1.807, 2.05) is 26.8 Å². The summed E-state index contributed by atoms with van der Waals surface area (Å²) in [4.78, 5) is 0. The van der Waals surface area contributed by atoms with E-state index in [4.69, 9.17) is 5.73 Å². The van der Waals surface area contributed by atoms with E-state index in [-0.39, 0.29) is 11.0 Å². The first-order valence-corrected chi connectivity index (χ1v) is 5.05. The summed E-state index contributed by atoms with van der Waals surface area (Å²) in [5.74, 6) is 0. The van der Waals surface area contributed by atoms with E-state index >= 15 is 0 Å². The van der Waals surface area contributed by atoms with Crippen LogP contribution in [0.2, 0.25) is 0 Å². The molecule has 4 heteroatoms. The molecule has 1 aromatic rings. The van der Waals surface area contributed by atoms with Gasteiger partial charge in [-0.15, -0.1) is 0 Å². The summed E-state index contributed by atoms with van der Waals surface area (Å²) in [7, 11) is 0. The fourth-order valence-corrected chi connectivity index (χ4v) is 1.39. The fourth-order valence-electron chi connectivity index (χ4n) is 1.39. The van der Waals surface area contributed by atoms with Crippen LogP contribution in [0.5, 0.6) is 0 Å². The van der Waals surface area contributed by atoms with E-state index in [0.29, 0.717) is 0 Å².